The Balaban J connectivity index is 1.82. The first-order valence-electron chi connectivity index (χ1n) is 5.75. The molecule has 0 N–H and O–H groups in total. The number of rotatable bonds is 2. The van der Waals surface area contributed by atoms with Gasteiger partial charge in [0.05, 0.1) is 0 Å². The Bertz CT molecular complexity index is 515. The molecule has 3 heterocycles. The third-order valence-corrected chi connectivity index (χ3v) is 3.13. The third-order valence-electron chi connectivity index (χ3n) is 3.13. The maximum atomic E-state index is 5.32. The van der Waals surface area contributed by atoms with Crippen LogP contribution in [0.5, 0.6) is 0 Å². The van der Waals surface area contributed by atoms with Gasteiger partial charge in [-0.15, -0.1) is 0 Å². The summed E-state index contributed by atoms with van der Waals surface area (Å²) < 4.78 is 7.50. The van der Waals surface area contributed by atoms with Crippen LogP contribution >= 0.6 is 0 Å². The van der Waals surface area contributed by atoms with Crippen molar-refractivity contribution < 1.29 is 4.52 Å². The molecule has 6 nitrogen and oxygen atoms in total. The van der Waals surface area contributed by atoms with Gasteiger partial charge in [0.25, 0.3) is 5.95 Å². The van der Waals surface area contributed by atoms with Gasteiger partial charge in [0.2, 0.25) is 5.89 Å². The molecule has 1 atom stereocenters. The number of aromatic nitrogens is 4. The number of hydrogen-bond donors (Lipinski definition) is 0. The predicted octanol–water partition coefficient (Wildman–Crippen LogP) is 1.06. The molecule has 6 heteroatoms. The highest BCUT2D eigenvalue weighted by molar-refractivity contribution is 5.24. The Morgan fingerprint density at radius 2 is 2.35 bits per heavy atom. The Kier molecular flexibility index (Phi) is 2.35. The first-order valence-corrected chi connectivity index (χ1v) is 5.75. The highest BCUT2D eigenvalue weighted by Crippen LogP contribution is 2.28. The van der Waals surface area contributed by atoms with Crippen molar-refractivity contribution >= 4 is 5.95 Å². The normalized spacial score (nSPS) is 19.1. The monoisotopic (exact) mass is 233 g/mol. The molecule has 3 rings (SSSR count). The summed E-state index contributed by atoms with van der Waals surface area (Å²) >= 11 is 0. The predicted molar refractivity (Wildman–Crippen MR) is 61.9 cm³/mol. The van der Waals surface area contributed by atoms with Crippen LogP contribution in [0.1, 0.15) is 24.1 Å². The van der Waals surface area contributed by atoms with Crippen molar-refractivity contribution in [3.05, 3.63) is 24.1 Å². The number of aryl methyl sites for hydroxylation is 1. The second kappa shape index (κ2) is 3.87. The smallest absolute Gasteiger partial charge is 0.265 e. The van der Waals surface area contributed by atoms with Gasteiger partial charge in [0.15, 0.2) is 0 Å². The van der Waals surface area contributed by atoms with Crippen molar-refractivity contribution in [3.8, 4) is 0 Å². The molecule has 0 aromatic carbocycles. The standard InChI is InChI=1S/C11H15N5O/c1-15(2)11-13-10(17-14-11)8-3-5-16-6-4-12-9(16)7-8/h4,6,8H,3,5,7H2,1-2H3. The molecule has 0 radical (unpaired) electrons. The average molecular weight is 233 g/mol. The molecule has 0 saturated heterocycles. The van der Waals surface area contributed by atoms with E-state index < -0.39 is 0 Å². The molecule has 17 heavy (non-hydrogen) atoms. The van der Waals surface area contributed by atoms with E-state index >= 15 is 0 Å². The summed E-state index contributed by atoms with van der Waals surface area (Å²) in [7, 11) is 3.81. The lowest BCUT2D eigenvalue weighted by Gasteiger charge is -2.20. The van der Waals surface area contributed by atoms with Gasteiger partial charge in [-0.25, -0.2) is 4.98 Å². The van der Waals surface area contributed by atoms with Crippen LogP contribution in [0.4, 0.5) is 5.95 Å². The van der Waals surface area contributed by atoms with Gasteiger partial charge in [0.1, 0.15) is 5.82 Å². The van der Waals surface area contributed by atoms with E-state index in [1.54, 1.807) is 0 Å². The van der Waals surface area contributed by atoms with Crippen molar-refractivity contribution in [2.24, 2.45) is 0 Å². The second-order valence-electron chi connectivity index (χ2n) is 4.55. The fourth-order valence-corrected chi connectivity index (χ4v) is 2.14. The minimum Gasteiger partial charge on any atom is -0.344 e. The Morgan fingerprint density at radius 1 is 1.47 bits per heavy atom. The lowest BCUT2D eigenvalue weighted by molar-refractivity contribution is 0.323. The number of nitrogens with zero attached hydrogens (tertiary/aromatic N) is 5. The molecular weight excluding hydrogens is 218 g/mol. The van der Waals surface area contributed by atoms with E-state index in [2.05, 4.69) is 19.7 Å². The Labute approximate surface area is 99.3 Å². The van der Waals surface area contributed by atoms with Gasteiger partial charge in [-0.3, -0.25) is 0 Å². The molecule has 1 aliphatic heterocycles. The van der Waals surface area contributed by atoms with Crippen molar-refractivity contribution in [2.75, 3.05) is 19.0 Å². The minimum atomic E-state index is 0.297. The molecule has 0 saturated carbocycles. The topological polar surface area (TPSA) is 60.0 Å². The number of imidazole rings is 1. The highest BCUT2D eigenvalue weighted by Gasteiger charge is 2.25. The summed E-state index contributed by atoms with van der Waals surface area (Å²) in [6, 6.07) is 0. The number of fused-ring (bicyclic) bond motifs is 1. The zero-order valence-corrected chi connectivity index (χ0v) is 10.00. The molecule has 1 unspecified atom stereocenters. The summed E-state index contributed by atoms with van der Waals surface area (Å²) in [6.07, 6.45) is 5.77. The molecule has 0 aliphatic carbocycles. The van der Waals surface area contributed by atoms with Gasteiger partial charge >= 0.3 is 0 Å². The van der Waals surface area contributed by atoms with Gasteiger partial charge in [-0.05, 0) is 11.6 Å². The first kappa shape index (κ1) is 10.3. The summed E-state index contributed by atoms with van der Waals surface area (Å²) in [4.78, 5) is 10.6. The van der Waals surface area contributed by atoms with Gasteiger partial charge in [-0.2, -0.15) is 4.98 Å². The summed E-state index contributed by atoms with van der Waals surface area (Å²) in [6.45, 7) is 0.972. The molecule has 0 amide bonds. The Hall–Kier alpha value is -1.85. The third kappa shape index (κ3) is 1.79. The molecule has 0 bridgehead atoms. The zero-order chi connectivity index (χ0) is 11.8. The van der Waals surface area contributed by atoms with Crippen LogP contribution in [0, 0.1) is 0 Å². The molecule has 90 valence electrons. The second-order valence-corrected chi connectivity index (χ2v) is 4.55. The fourth-order valence-electron chi connectivity index (χ4n) is 2.14. The van der Waals surface area contributed by atoms with Crippen LogP contribution in [-0.4, -0.2) is 33.8 Å². The van der Waals surface area contributed by atoms with Crippen molar-refractivity contribution in [2.45, 2.75) is 25.3 Å². The average Bonchev–Trinajstić information content (AvgIpc) is 2.97. The van der Waals surface area contributed by atoms with E-state index in [4.69, 9.17) is 4.52 Å². The molecule has 2 aromatic rings. The first-order chi connectivity index (χ1) is 8.24. The summed E-state index contributed by atoms with van der Waals surface area (Å²) in [5.41, 5.74) is 0. The van der Waals surface area contributed by atoms with Crippen molar-refractivity contribution in [1.82, 2.24) is 19.7 Å². The molecule has 0 spiro atoms. The van der Waals surface area contributed by atoms with Crippen LogP contribution < -0.4 is 4.90 Å². The zero-order valence-electron chi connectivity index (χ0n) is 10.00. The van der Waals surface area contributed by atoms with Crippen molar-refractivity contribution in [1.29, 1.82) is 0 Å². The largest absolute Gasteiger partial charge is 0.344 e. The summed E-state index contributed by atoms with van der Waals surface area (Å²) in [5, 5.41) is 3.95. The highest BCUT2D eigenvalue weighted by atomic mass is 16.5. The van der Waals surface area contributed by atoms with Crippen LogP contribution in [0.3, 0.4) is 0 Å². The molecule has 1 aliphatic rings. The van der Waals surface area contributed by atoms with Crippen molar-refractivity contribution in [3.63, 3.8) is 0 Å². The fraction of sp³-hybridized carbons (Fsp3) is 0.545. The van der Waals surface area contributed by atoms with Crippen LogP contribution in [0.25, 0.3) is 0 Å². The maximum absolute atomic E-state index is 5.32. The minimum absolute atomic E-state index is 0.297. The Morgan fingerprint density at radius 3 is 3.12 bits per heavy atom. The van der Waals surface area contributed by atoms with E-state index in [1.165, 1.54) is 0 Å². The lowest BCUT2D eigenvalue weighted by Crippen LogP contribution is -2.18. The van der Waals surface area contributed by atoms with E-state index in [0.717, 1.165) is 31.1 Å². The van der Waals surface area contributed by atoms with Crippen LogP contribution in [-0.2, 0) is 13.0 Å². The molecule has 2 aromatic heterocycles. The SMILES string of the molecule is CN(C)c1noc(C2CCn3ccnc3C2)n1. The van der Waals surface area contributed by atoms with Crippen LogP contribution in [0.15, 0.2) is 16.9 Å². The van der Waals surface area contributed by atoms with E-state index in [0.29, 0.717) is 11.9 Å². The van der Waals surface area contributed by atoms with Gasteiger partial charge < -0.3 is 14.0 Å². The maximum Gasteiger partial charge on any atom is 0.265 e. The quantitative estimate of drug-likeness (QED) is 0.776. The van der Waals surface area contributed by atoms with Gasteiger partial charge in [-0.1, -0.05) is 0 Å². The van der Waals surface area contributed by atoms with Gasteiger partial charge in [0, 0.05) is 45.4 Å². The lowest BCUT2D eigenvalue weighted by atomic mass is 9.98. The van der Waals surface area contributed by atoms with E-state index in [9.17, 15) is 0 Å². The molecular formula is C11H15N5O. The van der Waals surface area contributed by atoms with Crippen LogP contribution in [0.2, 0.25) is 0 Å². The van der Waals surface area contributed by atoms with E-state index in [-0.39, 0.29) is 0 Å². The summed E-state index contributed by atoms with van der Waals surface area (Å²) in [5.74, 6) is 2.76. The number of hydrogen-bond acceptors (Lipinski definition) is 5. The molecule has 0 fully saturated rings. The number of anilines is 1. The van der Waals surface area contributed by atoms with E-state index in [1.807, 2.05) is 31.4 Å².